The molecule has 0 spiro atoms. The van der Waals surface area contributed by atoms with E-state index in [1.165, 1.54) is 11.1 Å². The summed E-state index contributed by atoms with van der Waals surface area (Å²) in [5.74, 6) is 1.72. The molecule has 2 aromatic heterocycles. The molecule has 20 heavy (non-hydrogen) atoms. The van der Waals surface area contributed by atoms with Crippen molar-refractivity contribution in [2.45, 2.75) is 13.2 Å². The van der Waals surface area contributed by atoms with Gasteiger partial charge >= 0.3 is 0 Å². The fourth-order valence-corrected chi connectivity index (χ4v) is 3.02. The van der Waals surface area contributed by atoms with Crippen LogP contribution in [0.2, 0.25) is 0 Å². The molecule has 1 aromatic carbocycles. The Balaban J connectivity index is 1.51. The zero-order chi connectivity index (χ0) is 13.6. The molecule has 0 saturated carbocycles. The average molecular weight is 302 g/mol. The summed E-state index contributed by atoms with van der Waals surface area (Å²) in [6.45, 7) is 1.22. The van der Waals surface area contributed by atoms with Crippen molar-refractivity contribution in [1.82, 2.24) is 0 Å². The molecule has 0 atom stereocenters. The standard InChI is InChI=1S/C16H14O2S2/c1-2-16(18-10-14-6-8-20-12-14)4-3-15(1)17-9-13-5-7-19-11-13/h1-8,11-12H,9-10H2. The number of hydrogen-bond acceptors (Lipinski definition) is 4. The van der Waals surface area contributed by atoms with Gasteiger partial charge in [0, 0.05) is 0 Å². The highest BCUT2D eigenvalue weighted by atomic mass is 32.1. The van der Waals surface area contributed by atoms with Crippen LogP contribution < -0.4 is 9.47 Å². The predicted octanol–water partition coefficient (Wildman–Crippen LogP) is 4.97. The molecule has 4 heteroatoms. The van der Waals surface area contributed by atoms with Crippen LogP contribution in [-0.2, 0) is 13.2 Å². The van der Waals surface area contributed by atoms with E-state index in [1.54, 1.807) is 22.7 Å². The molecular formula is C16H14O2S2. The molecule has 3 rings (SSSR count). The summed E-state index contributed by atoms with van der Waals surface area (Å²) in [6, 6.07) is 11.9. The Morgan fingerprint density at radius 2 is 1.10 bits per heavy atom. The quantitative estimate of drug-likeness (QED) is 0.640. The molecule has 0 unspecified atom stereocenters. The molecule has 0 bridgehead atoms. The van der Waals surface area contributed by atoms with E-state index in [1.807, 2.05) is 24.3 Å². The van der Waals surface area contributed by atoms with Gasteiger partial charge in [0.05, 0.1) is 0 Å². The minimum absolute atomic E-state index is 0.610. The predicted molar refractivity (Wildman–Crippen MR) is 83.7 cm³/mol. The molecule has 0 fully saturated rings. The molecule has 0 aliphatic heterocycles. The van der Waals surface area contributed by atoms with Gasteiger partial charge in [0.25, 0.3) is 0 Å². The maximum Gasteiger partial charge on any atom is 0.120 e. The number of rotatable bonds is 6. The third-order valence-electron chi connectivity index (χ3n) is 2.79. The van der Waals surface area contributed by atoms with Gasteiger partial charge in [0.1, 0.15) is 24.7 Å². The Bertz CT molecular complexity index is 556. The first-order valence-electron chi connectivity index (χ1n) is 6.28. The Morgan fingerprint density at radius 3 is 1.45 bits per heavy atom. The van der Waals surface area contributed by atoms with Crippen molar-refractivity contribution in [1.29, 1.82) is 0 Å². The minimum Gasteiger partial charge on any atom is -0.489 e. The van der Waals surface area contributed by atoms with Crippen molar-refractivity contribution < 1.29 is 9.47 Å². The van der Waals surface area contributed by atoms with Gasteiger partial charge in [-0.15, -0.1) is 0 Å². The van der Waals surface area contributed by atoms with Gasteiger partial charge in [-0.05, 0) is 69.0 Å². The van der Waals surface area contributed by atoms with Crippen LogP contribution in [-0.4, -0.2) is 0 Å². The molecule has 0 amide bonds. The van der Waals surface area contributed by atoms with Crippen LogP contribution in [0.25, 0.3) is 0 Å². The molecular weight excluding hydrogens is 288 g/mol. The third kappa shape index (κ3) is 3.62. The van der Waals surface area contributed by atoms with Crippen LogP contribution in [0.1, 0.15) is 11.1 Å². The van der Waals surface area contributed by atoms with E-state index in [4.69, 9.17) is 9.47 Å². The first kappa shape index (κ1) is 13.2. The van der Waals surface area contributed by atoms with Crippen molar-refractivity contribution in [2.24, 2.45) is 0 Å². The number of ether oxygens (including phenoxy) is 2. The Morgan fingerprint density at radius 1 is 0.650 bits per heavy atom. The summed E-state index contributed by atoms with van der Waals surface area (Å²) in [5, 5.41) is 8.30. The highest BCUT2D eigenvalue weighted by molar-refractivity contribution is 7.08. The molecule has 2 heterocycles. The number of thiophene rings is 2. The lowest BCUT2D eigenvalue weighted by Gasteiger charge is -2.07. The highest BCUT2D eigenvalue weighted by Crippen LogP contribution is 2.20. The summed E-state index contributed by atoms with van der Waals surface area (Å²) < 4.78 is 11.4. The fraction of sp³-hybridized carbons (Fsp3) is 0.125. The lowest BCUT2D eigenvalue weighted by Crippen LogP contribution is -1.95. The summed E-state index contributed by atoms with van der Waals surface area (Å²) in [6.07, 6.45) is 0. The summed E-state index contributed by atoms with van der Waals surface area (Å²) in [5.41, 5.74) is 2.40. The maximum absolute atomic E-state index is 5.71. The van der Waals surface area contributed by atoms with E-state index in [-0.39, 0.29) is 0 Å². The van der Waals surface area contributed by atoms with Gasteiger partial charge < -0.3 is 9.47 Å². The van der Waals surface area contributed by atoms with Crippen LogP contribution in [0.4, 0.5) is 0 Å². The topological polar surface area (TPSA) is 18.5 Å². The molecule has 0 aliphatic carbocycles. The molecule has 102 valence electrons. The Kier molecular flexibility index (Phi) is 4.35. The van der Waals surface area contributed by atoms with Crippen LogP contribution in [0.5, 0.6) is 11.5 Å². The first-order valence-corrected chi connectivity index (χ1v) is 8.16. The lowest BCUT2D eigenvalue weighted by molar-refractivity contribution is 0.298. The normalized spacial score (nSPS) is 10.4. The van der Waals surface area contributed by atoms with Gasteiger partial charge in [0.2, 0.25) is 0 Å². The van der Waals surface area contributed by atoms with E-state index < -0.39 is 0 Å². The maximum atomic E-state index is 5.71. The van der Waals surface area contributed by atoms with E-state index in [2.05, 4.69) is 33.7 Å². The van der Waals surface area contributed by atoms with Gasteiger partial charge in [-0.2, -0.15) is 22.7 Å². The monoisotopic (exact) mass is 302 g/mol. The molecule has 3 aromatic rings. The summed E-state index contributed by atoms with van der Waals surface area (Å²) in [4.78, 5) is 0. The van der Waals surface area contributed by atoms with Crippen molar-refractivity contribution in [3.8, 4) is 11.5 Å². The smallest absolute Gasteiger partial charge is 0.120 e. The Hall–Kier alpha value is -1.78. The van der Waals surface area contributed by atoms with Gasteiger partial charge in [-0.3, -0.25) is 0 Å². The second-order valence-electron chi connectivity index (χ2n) is 4.31. The first-order chi connectivity index (χ1) is 9.90. The van der Waals surface area contributed by atoms with Gasteiger partial charge in [-0.25, -0.2) is 0 Å². The van der Waals surface area contributed by atoms with E-state index >= 15 is 0 Å². The summed E-state index contributed by atoms with van der Waals surface area (Å²) >= 11 is 3.37. The van der Waals surface area contributed by atoms with Crippen molar-refractivity contribution in [2.75, 3.05) is 0 Å². The van der Waals surface area contributed by atoms with E-state index in [0.29, 0.717) is 13.2 Å². The average Bonchev–Trinajstić information content (AvgIpc) is 3.17. The van der Waals surface area contributed by atoms with Gasteiger partial charge in [-0.1, -0.05) is 0 Å². The van der Waals surface area contributed by atoms with Crippen LogP contribution in [0, 0.1) is 0 Å². The van der Waals surface area contributed by atoms with Crippen molar-refractivity contribution in [3.63, 3.8) is 0 Å². The van der Waals surface area contributed by atoms with E-state index in [9.17, 15) is 0 Å². The number of benzene rings is 1. The van der Waals surface area contributed by atoms with E-state index in [0.717, 1.165) is 11.5 Å². The molecule has 0 aliphatic rings. The largest absolute Gasteiger partial charge is 0.489 e. The summed E-state index contributed by atoms with van der Waals surface area (Å²) in [7, 11) is 0. The Labute approximate surface area is 126 Å². The molecule has 0 saturated heterocycles. The van der Waals surface area contributed by atoms with Crippen LogP contribution in [0.15, 0.2) is 57.9 Å². The van der Waals surface area contributed by atoms with Crippen LogP contribution in [0.3, 0.4) is 0 Å². The van der Waals surface area contributed by atoms with Crippen LogP contribution >= 0.6 is 22.7 Å². The second-order valence-corrected chi connectivity index (χ2v) is 5.87. The fourth-order valence-electron chi connectivity index (χ4n) is 1.71. The lowest BCUT2D eigenvalue weighted by atomic mass is 10.3. The zero-order valence-electron chi connectivity index (χ0n) is 10.8. The molecule has 0 N–H and O–H groups in total. The second kappa shape index (κ2) is 6.59. The van der Waals surface area contributed by atoms with Crippen molar-refractivity contribution in [3.05, 3.63) is 69.0 Å². The van der Waals surface area contributed by atoms with Crippen molar-refractivity contribution >= 4 is 22.7 Å². The molecule has 0 radical (unpaired) electrons. The zero-order valence-corrected chi connectivity index (χ0v) is 12.5. The number of hydrogen-bond donors (Lipinski definition) is 0. The SMILES string of the molecule is c1cc(COc2ccc(OCc3ccsc3)cc2)cs1. The highest BCUT2D eigenvalue weighted by Gasteiger charge is 1.99. The minimum atomic E-state index is 0.610. The molecule has 2 nitrogen and oxygen atoms in total. The van der Waals surface area contributed by atoms with Gasteiger partial charge in [0.15, 0.2) is 0 Å². The third-order valence-corrected chi connectivity index (χ3v) is 4.26.